The van der Waals surface area contributed by atoms with E-state index in [9.17, 15) is 9.59 Å². The highest BCUT2D eigenvalue weighted by molar-refractivity contribution is 5.97. The van der Waals surface area contributed by atoms with Crippen molar-refractivity contribution in [1.29, 1.82) is 0 Å². The molecule has 1 atom stereocenters. The fourth-order valence-electron chi connectivity index (χ4n) is 3.26. The van der Waals surface area contributed by atoms with Gasteiger partial charge in [0.25, 0.3) is 5.91 Å². The summed E-state index contributed by atoms with van der Waals surface area (Å²) in [6.07, 6.45) is 3.85. The Balaban J connectivity index is 1.71. The van der Waals surface area contributed by atoms with E-state index in [4.69, 9.17) is 0 Å². The Kier molecular flexibility index (Phi) is 3.95. The molecule has 1 aromatic rings. The number of benzene rings is 1. The number of amides is 2. The van der Waals surface area contributed by atoms with E-state index >= 15 is 0 Å². The molecule has 0 radical (unpaired) electrons. The number of likely N-dealkylation sites (tertiary alicyclic amines) is 1. The molecule has 1 unspecified atom stereocenters. The molecule has 2 fully saturated rings. The minimum absolute atomic E-state index is 0.112. The van der Waals surface area contributed by atoms with Crippen molar-refractivity contribution in [2.24, 2.45) is 5.92 Å². The molecule has 2 aliphatic rings. The maximum atomic E-state index is 12.5. The van der Waals surface area contributed by atoms with Gasteiger partial charge < -0.3 is 9.80 Å². The number of carbonyl (C=O) groups excluding carboxylic acids is 2. The molecule has 4 nitrogen and oxygen atoms in total. The summed E-state index contributed by atoms with van der Waals surface area (Å²) in [5.74, 6) is 0.879. The molecule has 2 amide bonds. The molecule has 1 aromatic carbocycles. The summed E-state index contributed by atoms with van der Waals surface area (Å²) in [4.78, 5) is 28.0. The quantitative estimate of drug-likeness (QED) is 0.838. The summed E-state index contributed by atoms with van der Waals surface area (Å²) < 4.78 is 0. The van der Waals surface area contributed by atoms with Crippen molar-refractivity contribution >= 4 is 17.5 Å². The minimum Gasteiger partial charge on any atom is -0.338 e. The van der Waals surface area contributed by atoms with Crippen LogP contribution in [0, 0.1) is 5.92 Å². The third-order valence-electron chi connectivity index (χ3n) is 4.44. The van der Waals surface area contributed by atoms with Gasteiger partial charge in [-0.05, 0) is 49.4 Å². The molecule has 21 heavy (non-hydrogen) atoms. The van der Waals surface area contributed by atoms with Crippen molar-refractivity contribution in [3.05, 3.63) is 29.8 Å². The fraction of sp³-hybridized carbons (Fsp3) is 0.529. The van der Waals surface area contributed by atoms with Gasteiger partial charge in [0.05, 0.1) is 0 Å². The third kappa shape index (κ3) is 2.94. The third-order valence-corrected chi connectivity index (χ3v) is 4.44. The highest BCUT2D eigenvalue weighted by Crippen LogP contribution is 2.23. The lowest BCUT2D eigenvalue weighted by molar-refractivity contribution is -0.117. The Morgan fingerprint density at radius 1 is 1.14 bits per heavy atom. The Morgan fingerprint density at radius 2 is 1.90 bits per heavy atom. The molecule has 0 N–H and O–H groups in total. The highest BCUT2D eigenvalue weighted by Gasteiger charge is 2.24. The van der Waals surface area contributed by atoms with Crippen LogP contribution in [-0.4, -0.2) is 36.3 Å². The summed E-state index contributed by atoms with van der Waals surface area (Å²) in [7, 11) is 0. The largest absolute Gasteiger partial charge is 0.338 e. The van der Waals surface area contributed by atoms with Crippen LogP contribution in [0.25, 0.3) is 0 Å². The van der Waals surface area contributed by atoms with E-state index in [2.05, 4.69) is 6.92 Å². The van der Waals surface area contributed by atoms with Crippen molar-refractivity contribution < 1.29 is 9.59 Å². The van der Waals surface area contributed by atoms with Crippen molar-refractivity contribution in [3.8, 4) is 0 Å². The smallest absolute Gasteiger partial charge is 0.253 e. The van der Waals surface area contributed by atoms with Crippen molar-refractivity contribution in [2.45, 2.75) is 32.6 Å². The molecule has 112 valence electrons. The molecule has 0 aliphatic carbocycles. The predicted molar refractivity (Wildman–Crippen MR) is 82.3 cm³/mol. The Bertz CT molecular complexity index is 538. The van der Waals surface area contributed by atoms with E-state index in [-0.39, 0.29) is 11.8 Å². The number of hydrogen-bond donors (Lipinski definition) is 0. The molecule has 4 heteroatoms. The lowest BCUT2D eigenvalue weighted by Crippen LogP contribution is -2.39. The molecule has 0 spiro atoms. The van der Waals surface area contributed by atoms with Gasteiger partial charge in [0.2, 0.25) is 5.91 Å². The highest BCUT2D eigenvalue weighted by atomic mass is 16.2. The van der Waals surface area contributed by atoms with Crippen LogP contribution in [0.2, 0.25) is 0 Å². The number of carbonyl (C=O) groups is 2. The first kappa shape index (κ1) is 14.1. The average Bonchev–Trinajstić information content (AvgIpc) is 2.93. The zero-order valence-electron chi connectivity index (χ0n) is 12.5. The summed E-state index contributed by atoms with van der Waals surface area (Å²) >= 11 is 0. The topological polar surface area (TPSA) is 40.6 Å². The molecule has 3 rings (SSSR count). The second-order valence-corrected chi connectivity index (χ2v) is 6.19. The van der Waals surface area contributed by atoms with E-state index in [0.29, 0.717) is 12.3 Å². The van der Waals surface area contributed by atoms with Gasteiger partial charge in [-0.15, -0.1) is 0 Å². The van der Waals surface area contributed by atoms with Crippen molar-refractivity contribution in [2.75, 3.05) is 24.5 Å². The van der Waals surface area contributed by atoms with Crippen LogP contribution in [0.5, 0.6) is 0 Å². The van der Waals surface area contributed by atoms with Gasteiger partial charge in [0, 0.05) is 37.3 Å². The standard InChI is InChI=1S/C17H22N2O2/c1-13-4-2-10-18(12-13)17(21)14-6-8-15(9-7-14)19-11-3-5-16(19)20/h6-9,13H,2-5,10-12H2,1H3. The van der Waals surface area contributed by atoms with Crippen LogP contribution in [0.4, 0.5) is 5.69 Å². The normalized spacial score (nSPS) is 22.7. The molecule has 2 heterocycles. The first-order chi connectivity index (χ1) is 10.1. The molecule has 2 aliphatic heterocycles. The predicted octanol–water partition coefficient (Wildman–Crippen LogP) is 2.69. The van der Waals surface area contributed by atoms with Gasteiger partial charge in [0.15, 0.2) is 0 Å². The second kappa shape index (κ2) is 5.88. The summed E-state index contributed by atoms with van der Waals surface area (Å²) in [5, 5.41) is 0. The summed E-state index contributed by atoms with van der Waals surface area (Å²) in [6, 6.07) is 7.48. The SMILES string of the molecule is CC1CCCN(C(=O)c2ccc(N3CCCC3=O)cc2)C1. The molecule has 2 saturated heterocycles. The van der Waals surface area contributed by atoms with E-state index in [1.54, 1.807) is 4.90 Å². The van der Waals surface area contributed by atoms with Crippen LogP contribution in [0.15, 0.2) is 24.3 Å². The molecule has 0 saturated carbocycles. The first-order valence-electron chi connectivity index (χ1n) is 7.85. The van der Waals surface area contributed by atoms with Crippen LogP contribution < -0.4 is 4.90 Å². The van der Waals surface area contributed by atoms with Gasteiger partial charge >= 0.3 is 0 Å². The first-order valence-corrected chi connectivity index (χ1v) is 7.85. The monoisotopic (exact) mass is 286 g/mol. The zero-order chi connectivity index (χ0) is 14.8. The van der Waals surface area contributed by atoms with Crippen molar-refractivity contribution in [3.63, 3.8) is 0 Å². The van der Waals surface area contributed by atoms with E-state index in [1.807, 2.05) is 29.2 Å². The van der Waals surface area contributed by atoms with Gasteiger partial charge in [-0.2, -0.15) is 0 Å². The molecular weight excluding hydrogens is 264 g/mol. The van der Waals surface area contributed by atoms with Gasteiger partial charge in [0.1, 0.15) is 0 Å². The molecule has 0 aromatic heterocycles. The minimum atomic E-state index is 0.112. The zero-order valence-corrected chi connectivity index (χ0v) is 12.5. The number of rotatable bonds is 2. The number of hydrogen-bond acceptors (Lipinski definition) is 2. The Morgan fingerprint density at radius 3 is 2.52 bits per heavy atom. The van der Waals surface area contributed by atoms with Crippen LogP contribution in [-0.2, 0) is 4.79 Å². The summed E-state index contributed by atoms with van der Waals surface area (Å²) in [6.45, 7) is 4.69. The van der Waals surface area contributed by atoms with Gasteiger partial charge in [-0.1, -0.05) is 6.92 Å². The average molecular weight is 286 g/mol. The van der Waals surface area contributed by atoms with E-state index < -0.39 is 0 Å². The maximum Gasteiger partial charge on any atom is 0.253 e. The van der Waals surface area contributed by atoms with Crippen LogP contribution in [0.3, 0.4) is 0 Å². The Labute approximate surface area is 125 Å². The van der Waals surface area contributed by atoms with Gasteiger partial charge in [-0.3, -0.25) is 9.59 Å². The Hall–Kier alpha value is -1.84. The van der Waals surface area contributed by atoms with E-state index in [1.165, 1.54) is 6.42 Å². The molecular formula is C17H22N2O2. The van der Waals surface area contributed by atoms with Crippen LogP contribution >= 0.6 is 0 Å². The second-order valence-electron chi connectivity index (χ2n) is 6.19. The fourth-order valence-corrected chi connectivity index (χ4v) is 3.26. The van der Waals surface area contributed by atoms with Gasteiger partial charge in [-0.25, -0.2) is 0 Å². The maximum absolute atomic E-state index is 12.5. The molecule has 0 bridgehead atoms. The van der Waals surface area contributed by atoms with Crippen LogP contribution in [0.1, 0.15) is 43.0 Å². The van der Waals surface area contributed by atoms with E-state index in [0.717, 1.165) is 43.7 Å². The number of nitrogens with zero attached hydrogens (tertiary/aromatic N) is 2. The lowest BCUT2D eigenvalue weighted by atomic mass is 9.99. The summed E-state index contributed by atoms with van der Waals surface area (Å²) in [5.41, 5.74) is 1.63. The lowest BCUT2D eigenvalue weighted by Gasteiger charge is -2.31. The van der Waals surface area contributed by atoms with Crippen molar-refractivity contribution in [1.82, 2.24) is 4.90 Å². The number of piperidine rings is 1. The number of anilines is 1.